The topological polar surface area (TPSA) is 98.5 Å². The van der Waals surface area contributed by atoms with Gasteiger partial charge in [-0.05, 0) is 24.3 Å². The highest BCUT2D eigenvalue weighted by Gasteiger charge is 2.17. The van der Waals surface area contributed by atoms with Gasteiger partial charge in [0.15, 0.2) is 6.61 Å². The van der Waals surface area contributed by atoms with E-state index in [2.05, 4.69) is 5.32 Å². The first-order valence-corrected chi connectivity index (χ1v) is 8.89. The lowest BCUT2D eigenvalue weighted by Gasteiger charge is -2.07. The summed E-state index contributed by atoms with van der Waals surface area (Å²) >= 11 is 7.21. The molecule has 1 N–H and O–H groups in total. The fraction of sp³-hybridized carbons (Fsp3) is 0.176. The fourth-order valence-corrected chi connectivity index (χ4v) is 2.96. The minimum Gasteiger partial charge on any atom is -0.456 e. The summed E-state index contributed by atoms with van der Waals surface area (Å²) in [5, 5.41) is 13.5. The summed E-state index contributed by atoms with van der Waals surface area (Å²) in [5.41, 5.74) is -0.350. The van der Waals surface area contributed by atoms with Gasteiger partial charge in [-0.1, -0.05) is 29.8 Å². The van der Waals surface area contributed by atoms with Crippen LogP contribution in [0.2, 0.25) is 5.02 Å². The standard InChI is InChI=1S/C17H15ClN2O5S/c18-12-6-7-14(15(10-12)20(23)24)19-16(21)11-25-17(22)8-9-26-13-4-2-1-3-5-13/h1-7,10H,8-9,11H2,(H,19,21). The third kappa shape index (κ3) is 6.38. The Bertz CT molecular complexity index is 801. The fourth-order valence-electron chi connectivity index (χ4n) is 1.93. The van der Waals surface area contributed by atoms with Crippen molar-refractivity contribution in [3.8, 4) is 0 Å². The van der Waals surface area contributed by atoms with Crippen molar-refractivity contribution in [2.75, 3.05) is 17.7 Å². The number of halogens is 1. The van der Waals surface area contributed by atoms with E-state index in [-0.39, 0.29) is 22.8 Å². The minimum atomic E-state index is -0.667. The number of thioether (sulfide) groups is 1. The maximum atomic E-state index is 11.8. The zero-order valence-corrected chi connectivity index (χ0v) is 15.1. The molecule has 0 aliphatic rings. The lowest BCUT2D eigenvalue weighted by Crippen LogP contribution is -2.21. The second-order valence-corrected chi connectivity index (χ2v) is 6.64. The van der Waals surface area contributed by atoms with Crippen molar-refractivity contribution < 1.29 is 19.2 Å². The van der Waals surface area contributed by atoms with Crippen LogP contribution in [0.4, 0.5) is 11.4 Å². The van der Waals surface area contributed by atoms with Gasteiger partial charge in [0.25, 0.3) is 11.6 Å². The molecular weight excluding hydrogens is 380 g/mol. The van der Waals surface area contributed by atoms with Crippen LogP contribution in [-0.4, -0.2) is 29.2 Å². The zero-order chi connectivity index (χ0) is 18.9. The summed E-state index contributed by atoms with van der Waals surface area (Å²) in [5.74, 6) is -0.665. The Labute approximate surface area is 158 Å². The Hall–Kier alpha value is -2.58. The van der Waals surface area contributed by atoms with Gasteiger partial charge in [-0.25, -0.2) is 0 Å². The molecule has 0 unspecified atom stereocenters. The van der Waals surface area contributed by atoms with Crippen molar-refractivity contribution in [3.63, 3.8) is 0 Å². The van der Waals surface area contributed by atoms with E-state index < -0.39 is 23.4 Å². The van der Waals surface area contributed by atoms with Crippen LogP contribution >= 0.6 is 23.4 Å². The van der Waals surface area contributed by atoms with Crippen LogP contribution in [0, 0.1) is 10.1 Å². The number of amides is 1. The highest BCUT2D eigenvalue weighted by atomic mass is 35.5. The molecule has 2 rings (SSSR count). The van der Waals surface area contributed by atoms with Crippen molar-refractivity contribution in [2.45, 2.75) is 11.3 Å². The molecule has 0 heterocycles. The number of nitrogens with zero attached hydrogens (tertiary/aromatic N) is 1. The molecule has 1 amide bonds. The highest BCUT2D eigenvalue weighted by molar-refractivity contribution is 7.99. The first kappa shape index (κ1) is 19.7. The summed E-state index contributed by atoms with van der Waals surface area (Å²) in [6, 6.07) is 13.4. The number of carbonyl (C=O) groups excluding carboxylic acids is 2. The molecule has 0 aliphatic heterocycles. The third-order valence-corrected chi connectivity index (χ3v) is 4.36. The van der Waals surface area contributed by atoms with Crippen LogP contribution in [-0.2, 0) is 14.3 Å². The van der Waals surface area contributed by atoms with Crippen LogP contribution in [0.25, 0.3) is 0 Å². The Morgan fingerprint density at radius 1 is 1.19 bits per heavy atom. The van der Waals surface area contributed by atoms with Gasteiger partial charge in [-0.15, -0.1) is 11.8 Å². The molecule has 136 valence electrons. The summed E-state index contributed by atoms with van der Waals surface area (Å²) in [4.78, 5) is 34.8. The molecule has 0 radical (unpaired) electrons. The van der Waals surface area contributed by atoms with Gasteiger partial charge in [0.05, 0.1) is 11.3 Å². The number of hydrogen-bond donors (Lipinski definition) is 1. The summed E-state index contributed by atoms with van der Waals surface area (Å²) in [7, 11) is 0. The molecule has 0 atom stereocenters. The van der Waals surface area contributed by atoms with E-state index >= 15 is 0 Å². The molecule has 26 heavy (non-hydrogen) atoms. The molecule has 2 aromatic rings. The van der Waals surface area contributed by atoms with E-state index in [0.29, 0.717) is 5.75 Å². The molecule has 2 aromatic carbocycles. The maximum Gasteiger partial charge on any atom is 0.307 e. The largest absolute Gasteiger partial charge is 0.456 e. The molecular formula is C17H15ClN2O5S. The van der Waals surface area contributed by atoms with Gasteiger partial charge in [-0.3, -0.25) is 19.7 Å². The number of rotatable bonds is 8. The van der Waals surface area contributed by atoms with Crippen LogP contribution < -0.4 is 5.32 Å². The molecule has 0 saturated heterocycles. The highest BCUT2D eigenvalue weighted by Crippen LogP contribution is 2.27. The van der Waals surface area contributed by atoms with Gasteiger partial charge in [-0.2, -0.15) is 0 Å². The lowest BCUT2D eigenvalue weighted by atomic mass is 10.2. The number of nitro benzene ring substituents is 1. The van der Waals surface area contributed by atoms with Crippen LogP contribution in [0.5, 0.6) is 0 Å². The van der Waals surface area contributed by atoms with E-state index in [1.807, 2.05) is 30.3 Å². The maximum absolute atomic E-state index is 11.8. The monoisotopic (exact) mass is 394 g/mol. The molecule has 0 bridgehead atoms. The predicted molar refractivity (Wildman–Crippen MR) is 99.5 cm³/mol. The number of esters is 1. The lowest BCUT2D eigenvalue weighted by molar-refractivity contribution is -0.383. The van der Waals surface area contributed by atoms with Gasteiger partial charge >= 0.3 is 5.97 Å². The Morgan fingerprint density at radius 2 is 1.92 bits per heavy atom. The molecule has 0 aliphatic carbocycles. The SMILES string of the molecule is O=C(COC(=O)CCSc1ccccc1)Nc1ccc(Cl)cc1[N+](=O)[O-]. The molecule has 0 spiro atoms. The van der Waals surface area contributed by atoms with Crippen molar-refractivity contribution in [1.29, 1.82) is 0 Å². The van der Waals surface area contributed by atoms with E-state index in [1.165, 1.54) is 23.9 Å². The number of nitrogens with one attached hydrogen (secondary N) is 1. The average molecular weight is 395 g/mol. The molecule has 0 saturated carbocycles. The zero-order valence-electron chi connectivity index (χ0n) is 13.5. The first-order valence-electron chi connectivity index (χ1n) is 7.53. The summed E-state index contributed by atoms with van der Waals surface area (Å²) in [6.45, 7) is -0.519. The molecule has 9 heteroatoms. The molecule has 0 fully saturated rings. The normalized spacial score (nSPS) is 10.2. The second-order valence-electron chi connectivity index (χ2n) is 5.04. The Balaban J connectivity index is 1.76. The van der Waals surface area contributed by atoms with Gasteiger partial charge < -0.3 is 10.1 Å². The van der Waals surface area contributed by atoms with Crippen LogP contribution in [0.1, 0.15) is 6.42 Å². The number of benzene rings is 2. The van der Waals surface area contributed by atoms with Gasteiger partial charge in [0, 0.05) is 21.7 Å². The van der Waals surface area contributed by atoms with Crippen molar-refractivity contribution in [1.82, 2.24) is 0 Å². The number of hydrogen-bond acceptors (Lipinski definition) is 6. The van der Waals surface area contributed by atoms with Gasteiger partial charge in [0.2, 0.25) is 0 Å². The summed E-state index contributed by atoms with van der Waals surface area (Å²) in [6.07, 6.45) is 0.147. The summed E-state index contributed by atoms with van der Waals surface area (Å²) < 4.78 is 4.88. The first-order chi connectivity index (χ1) is 12.5. The quantitative estimate of drug-likeness (QED) is 0.315. The predicted octanol–water partition coefficient (Wildman–Crippen LogP) is 3.91. The van der Waals surface area contributed by atoms with E-state index in [9.17, 15) is 19.7 Å². The second kappa shape index (κ2) is 9.79. The molecule has 0 aromatic heterocycles. The van der Waals surface area contributed by atoms with Gasteiger partial charge in [0.1, 0.15) is 5.69 Å². The molecule has 7 nitrogen and oxygen atoms in total. The van der Waals surface area contributed by atoms with E-state index in [0.717, 1.165) is 11.0 Å². The smallest absolute Gasteiger partial charge is 0.307 e. The number of ether oxygens (including phenoxy) is 1. The Kier molecular flexibility index (Phi) is 7.43. The number of nitro groups is 1. The van der Waals surface area contributed by atoms with Crippen LogP contribution in [0.15, 0.2) is 53.4 Å². The number of carbonyl (C=O) groups is 2. The van der Waals surface area contributed by atoms with Crippen LogP contribution in [0.3, 0.4) is 0 Å². The average Bonchev–Trinajstić information content (AvgIpc) is 2.62. The van der Waals surface area contributed by atoms with Crippen molar-refractivity contribution in [2.24, 2.45) is 0 Å². The van der Waals surface area contributed by atoms with Crippen molar-refractivity contribution >= 4 is 46.6 Å². The Morgan fingerprint density at radius 3 is 2.62 bits per heavy atom. The number of anilines is 1. The minimum absolute atomic E-state index is 0.0138. The van der Waals surface area contributed by atoms with E-state index in [1.54, 1.807) is 0 Å². The van der Waals surface area contributed by atoms with Crippen molar-refractivity contribution in [3.05, 3.63) is 63.7 Å². The third-order valence-electron chi connectivity index (χ3n) is 3.11. The van der Waals surface area contributed by atoms with E-state index in [4.69, 9.17) is 16.3 Å².